The van der Waals surface area contributed by atoms with Crippen LogP contribution < -0.4 is 5.32 Å². The van der Waals surface area contributed by atoms with Gasteiger partial charge in [0.05, 0.1) is 0 Å². The zero-order valence-electron chi connectivity index (χ0n) is 12.5. The number of fused-ring (bicyclic) bond motifs is 1. The lowest BCUT2D eigenvalue weighted by molar-refractivity contribution is 0.936. The molecule has 0 aromatic heterocycles. The maximum absolute atomic E-state index is 3.53. The molecule has 108 valence electrons. The van der Waals surface area contributed by atoms with Crippen molar-refractivity contribution in [3.05, 3.63) is 89.3 Å². The molecule has 0 atom stereocenters. The van der Waals surface area contributed by atoms with E-state index in [1.54, 1.807) is 5.57 Å². The molecule has 1 nitrogen and oxygen atoms in total. The van der Waals surface area contributed by atoms with E-state index in [4.69, 9.17) is 0 Å². The lowest BCUT2D eigenvalue weighted by atomic mass is 10.1. The lowest BCUT2D eigenvalue weighted by Gasteiger charge is -2.13. The SMILES string of the molecule is C1=CC(=C2CC2)NC(C/C=C\c2ccc3ccccc3c2)=C1. The quantitative estimate of drug-likeness (QED) is 0.803. The van der Waals surface area contributed by atoms with E-state index in [0.29, 0.717) is 0 Å². The van der Waals surface area contributed by atoms with Crippen LogP contribution in [-0.2, 0) is 0 Å². The van der Waals surface area contributed by atoms with Gasteiger partial charge in [-0.25, -0.2) is 0 Å². The van der Waals surface area contributed by atoms with Crippen LogP contribution in [0.4, 0.5) is 0 Å². The van der Waals surface area contributed by atoms with E-state index in [9.17, 15) is 0 Å². The minimum atomic E-state index is 0.938. The van der Waals surface area contributed by atoms with Gasteiger partial charge in [-0.2, -0.15) is 0 Å². The molecule has 2 aliphatic rings. The number of nitrogens with one attached hydrogen (secondary N) is 1. The molecule has 1 N–H and O–H groups in total. The maximum Gasteiger partial charge on any atom is 0.0374 e. The molecular weight excluding hydrogens is 266 g/mol. The van der Waals surface area contributed by atoms with E-state index in [-0.39, 0.29) is 0 Å². The molecule has 1 heterocycles. The molecule has 2 aromatic carbocycles. The molecule has 4 rings (SSSR count). The van der Waals surface area contributed by atoms with E-state index in [1.807, 2.05) is 0 Å². The summed E-state index contributed by atoms with van der Waals surface area (Å²) in [6.07, 6.45) is 14.4. The molecule has 0 spiro atoms. The van der Waals surface area contributed by atoms with E-state index in [1.165, 1.54) is 40.6 Å². The van der Waals surface area contributed by atoms with Crippen LogP contribution in [0, 0.1) is 0 Å². The highest BCUT2D eigenvalue weighted by atomic mass is 14.9. The smallest absolute Gasteiger partial charge is 0.0374 e. The standard InChI is InChI=1S/C21H19N/c1-2-7-19-15-16(11-12-17(19)6-1)5-3-8-20-9-4-10-21(22-20)18-13-14-18/h1-7,9-12,15,22H,8,13-14H2/b5-3-. The molecule has 1 saturated carbocycles. The maximum atomic E-state index is 3.53. The van der Waals surface area contributed by atoms with Crippen LogP contribution in [-0.4, -0.2) is 0 Å². The fourth-order valence-corrected chi connectivity index (χ4v) is 2.81. The monoisotopic (exact) mass is 285 g/mol. The fourth-order valence-electron chi connectivity index (χ4n) is 2.81. The molecule has 0 amide bonds. The minimum absolute atomic E-state index is 0.938. The molecule has 0 radical (unpaired) electrons. The van der Waals surface area contributed by atoms with Crippen LogP contribution in [0.3, 0.4) is 0 Å². The first-order chi connectivity index (χ1) is 10.9. The molecule has 0 bridgehead atoms. The third kappa shape index (κ3) is 2.89. The number of hydrogen-bond acceptors (Lipinski definition) is 1. The van der Waals surface area contributed by atoms with Crippen LogP contribution in [0.5, 0.6) is 0 Å². The first-order valence-electron chi connectivity index (χ1n) is 7.90. The predicted molar refractivity (Wildman–Crippen MR) is 94.2 cm³/mol. The second kappa shape index (κ2) is 5.69. The fraction of sp³-hybridized carbons (Fsp3) is 0.143. The summed E-state index contributed by atoms with van der Waals surface area (Å²) in [5.41, 5.74) is 5.40. The number of allylic oxidation sites excluding steroid dienone is 5. The summed E-state index contributed by atoms with van der Waals surface area (Å²) in [7, 11) is 0. The van der Waals surface area contributed by atoms with E-state index in [2.05, 4.69) is 78.2 Å². The molecule has 0 saturated heterocycles. The Morgan fingerprint density at radius 2 is 1.86 bits per heavy atom. The van der Waals surface area contributed by atoms with Gasteiger partial charge in [-0.1, -0.05) is 54.6 Å². The molecule has 0 unspecified atom stereocenters. The van der Waals surface area contributed by atoms with Gasteiger partial charge in [-0.3, -0.25) is 0 Å². The van der Waals surface area contributed by atoms with E-state index in [0.717, 1.165) is 6.42 Å². The molecular formula is C21H19N. The summed E-state index contributed by atoms with van der Waals surface area (Å²) >= 11 is 0. The molecule has 1 aliphatic carbocycles. The Kier molecular flexibility index (Phi) is 3.40. The minimum Gasteiger partial charge on any atom is -0.359 e. The number of rotatable bonds is 3. The first-order valence-corrected chi connectivity index (χ1v) is 7.90. The number of hydrogen-bond donors (Lipinski definition) is 1. The summed E-state index contributed by atoms with van der Waals surface area (Å²) in [5, 5.41) is 6.12. The molecule has 2 aromatic rings. The van der Waals surface area contributed by atoms with Crippen LogP contribution in [0.1, 0.15) is 24.8 Å². The van der Waals surface area contributed by atoms with Gasteiger partial charge < -0.3 is 5.32 Å². The summed E-state index contributed by atoms with van der Waals surface area (Å²) < 4.78 is 0. The van der Waals surface area contributed by atoms with E-state index >= 15 is 0 Å². The summed E-state index contributed by atoms with van der Waals surface area (Å²) in [6, 6.07) is 15.1. The van der Waals surface area contributed by atoms with Gasteiger partial charge in [0, 0.05) is 17.8 Å². The summed E-state index contributed by atoms with van der Waals surface area (Å²) in [6.45, 7) is 0. The predicted octanol–water partition coefficient (Wildman–Crippen LogP) is 5.33. The second-order valence-corrected chi connectivity index (χ2v) is 5.91. The first kappa shape index (κ1) is 13.1. The van der Waals surface area contributed by atoms with Crippen molar-refractivity contribution in [3.63, 3.8) is 0 Å². The Hall–Kier alpha value is -2.54. The van der Waals surface area contributed by atoms with Crippen molar-refractivity contribution in [2.24, 2.45) is 0 Å². The van der Waals surface area contributed by atoms with Gasteiger partial charge in [0.2, 0.25) is 0 Å². The van der Waals surface area contributed by atoms with Crippen LogP contribution >= 0.6 is 0 Å². The largest absolute Gasteiger partial charge is 0.359 e. The van der Waals surface area contributed by atoms with Crippen molar-refractivity contribution in [1.82, 2.24) is 5.32 Å². The molecule has 22 heavy (non-hydrogen) atoms. The topological polar surface area (TPSA) is 12.0 Å². The van der Waals surface area contributed by atoms with E-state index < -0.39 is 0 Å². The Labute approximate surface area is 131 Å². The Morgan fingerprint density at radius 3 is 2.73 bits per heavy atom. The average Bonchev–Trinajstić information content (AvgIpc) is 3.40. The van der Waals surface area contributed by atoms with Gasteiger partial charge in [-0.05, 0) is 53.0 Å². The molecule has 1 aliphatic heterocycles. The highest BCUT2D eigenvalue weighted by Crippen LogP contribution is 2.32. The van der Waals surface area contributed by atoms with Gasteiger partial charge in [0.1, 0.15) is 0 Å². The van der Waals surface area contributed by atoms with Crippen molar-refractivity contribution in [2.75, 3.05) is 0 Å². The highest BCUT2D eigenvalue weighted by molar-refractivity contribution is 5.84. The van der Waals surface area contributed by atoms with Gasteiger partial charge in [0.15, 0.2) is 0 Å². The summed E-state index contributed by atoms with van der Waals surface area (Å²) in [4.78, 5) is 0. The van der Waals surface area contributed by atoms with Crippen molar-refractivity contribution >= 4 is 16.8 Å². The lowest BCUT2D eigenvalue weighted by Crippen LogP contribution is -2.13. The second-order valence-electron chi connectivity index (χ2n) is 5.91. The Morgan fingerprint density at radius 1 is 1.00 bits per heavy atom. The Bertz CT molecular complexity index is 828. The third-order valence-electron chi connectivity index (χ3n) is 4.16. The third-order valence-corrected chi connectivity index (χ3v) is 4.16. The van der Waals surface area contributed by atoms with Crippen molar-refractivity contribution in [1.29, 1.82) is 0 Å². The Balaban J connectivity index is 1.46. The van der Waals surface area contributed by atoms with Crippen molar-refractivity contribution in [2.45, 2.75) is 19.3 Å². The van der Waals surface area contributed by atoms with Gasteiger partial charge in [0.25, 0.3) is 0 Å². The van der Waals surface area contributed by atoms with Crippen molar-refractivity contribution in [3.8, 4) is 0 Å². The molecule has 1 heteroatoms. The van der Waals surface area contributed by atoms with Crippen LogP contribution in [0.2, 0.25) is 0 Å². The summed E-state index contributed by atoms with van der Waals surface area (Å²) in [5.74, 6) is 0. The van der Waals surface area contributed by atoms with Gasteiger partial charge >= 0.3 is 0 Å². The van der Waals surface area contributed by atoms with Crippen LogP contribution in [0.15, 0.2) is 83.7 Å². The zero-order chi connectivity index (χ0) is 14.8. The average molecular weight is 285 g/mol. The van der Waals surface area contributed by atoms with Crippen LogP contribution in [0.25, 0.3) is 16.8 Å². The van der Waals surface area contributed by atoms with Gasteiger partial charge in [-0.15, -0.1) is 0 Å². The number of dihydropyridines is 1. The zero-order valence-corrected chi connectivity index (χ0v) is 12.5. The highest BCUT2D eigenvalue weighted by Gasteiger charge is 2.17. The normalized spacial score (nSPS) is 17.0. The molecule has 1 fully saturated rings. The number of benzene rings is 2. The van der Waals surface area contributed by atoms with Crippen molar-refractivity contribution < 1.29 is 0 Å².